The SMILES string of the molecule is CC(C)CS(=O)(=O)C1=NSC2=NC(=O)/C(=C\c3ccc(OC(=O)c4ccccc4F)cc3)C(=N)N21. The molecule has 0 unspecified atom stereocenters. The first-order valence-electron chi connectivity index (χ1n) is 10.3. The van der Waals surface area contributed by atoms with Crippen molar-refractivity contribution in [1.82, 2.24) is 4.90 Å². The molecule has 1 N–H and O–H groups in total. The van der Waals surface area contributed by atoms with E-state index in [0.717, 1.165) is 22.9 Å². The molecule has 2 aliphatic rings. The first kappa shape index (κ1) is 24.5. The third kappa shape index (κ3) is 5.08. The molecule has 35 heavy (non-hydrogen) atoms. The Kier molecular flexibility index (Phi) is 6.68. The molecule has 0 bridgehead atoms. The molecule has 0 radical (unpaired) electrons. The number of rotatable bonds is 5. The molecule has 2 aliphatic heterocycles. The molecule has 0 atom stereocenters. The lowest BCUT2D eigenvalue weighted by Gasteiger charge is -2.24. The van der Waals surface area contributed by atoms with Crippen molar-refractivity contribution < 1.29 is 27.1 Å². The summed E-state index contributed by atoms with van der Waals surface area (Å²) in [5.41, 5.74) is 0.139. The third-order valence-corrected chi connectivity index (χ3v) is 7.57. The second kappa shape index (κ2) is 9.55. The Morgan fingerprint density at radius 2 is 1.89 bits per heavy atom. The molecule has 0 spiro atoms. The van der Waals surface area contributed by atoms with Crippen molar-refractivity contribution in [2.24, 2.45) is 15.3 Å². The Morgan fingerprint density at radius 1 is 1.20 bits per heavy atom. The van der Waals surface area contributed by atoms with E-state index in [1.165, 1.54) is 48.5 Å². The van der Waals surface area contributed by atoms with Crippen LogP contribution < -0.4 is 4.74 Å². The molecular formula is C23H19FN4O5S2. The van der Waals surface area contributed by atoms with Crippen LogP contribution in [0, 0.1) is 17.1 Å². The Morgan fingerprint density at radius 3 is 2.54 bits per heavy atom. The van der Waals surface area contributed by atoms with E-state index in [1.54, 1.807) is 13.8 Å². The van der Waals surface area contributed by atoms with E-state index in [-0.39, 0.29) is 44.7 Å². The van der Waals surface area contributed by atoms with Crippen molar-refractivity contribution in [3.8, 4) is 5.75 Å². The molecule has 180 valence electrons. The third-order valence-electron chi connectivity index (χ3n) is 4.82. The fourth-order valence-electron chi connectivity index (χ4n) is 3.30. The number of halogens is 1. The number of ether oxygens (including phenoxy) is 1. The number of amidine groups is 3. The molecular weight excluding hydrogens is 495 g/mol. The Labute approximate surface area is 205 Å². The van der Waals surface area contributed by atoms with Crippen LogP contribution in [0.4, 0.5) is 4.39 Å². The number of aliphatic imine (C=N–C) groups is 1. The smallest absolute Gasteiger partial charge is 0.346 e. The molecule has 2 heterocycles. The minimum absolute atomic E-state index is 0.00915. The van der Waals surface area contributed by atoms with E-state index in [4.69, 9.17) is 10.1 Å². The lowest BCUT2D eigenvalue weighted by molar-refractivity contribution is -0.114. The molecule has 0 saturated heterocycles. The van der Waals surface area contributed by atoms with Gasteiger partial charge in [-0.05, 0) is 41.8 Å². The van der Waals surface area contributed by atoms with Gasteiger partial charge in [0, 0.05) is 0 Å². The predicted octanol–water partition coefficient (Wildman–Crippen LogP) is 3.69. The maximum absolute atomic E-state index is 13.8. The van der Waals surface area contributed by atoms with Crippen LogP contribution in [-0.4, -0.2) is 47.1 Å². The molecule has 4 rings (SSSR count). The molecule has 1 amide bonds. The highest BCUT2D eigenvalue weighted by molar-refractivity contribution is 8.16. The highest BCUT2D eigenvalue weighted by Crippen LogP contribution is 2.30. The van der Waals surface area contributed by atoms with Crippen LogP contribution in [0.2, 0.25) is 0 Å². The number of nitrogens with one attached hydrogen (secondary N) is 1. The molecule has 2 aromatic rings. The number of benzene rings is 2. The van der Waals surface area contributed by atoms with E-state index in [1.807, 2.05) is 0 Å². The second-order valence-electron chi connectivity index (χ2n) is 8.02. The van der Waals surface area contributed by atoms with Gasteiger partial charge in [-0.15, -0.1) is 0 Å². The van der Waals surface area contributed by atoms with Gasteiger partial charge in [0.05, 0.1) is 28.8 Å². The maximum Gasteiger partial charge on any atom is 0.346 e. The van der Waals surface area contributed by atoms with Crippen LogP contribution in [0.5, 0.6) is 5.75 Å². The zero-order valence-electron chi connectivity index (χ0n) is 18.6. The summed E-state index contributed by atoms with van der Waals surface area (Å²) in [7, 11) is -3.80. The Balaban J connectivity index is 1.55. The van der Waals surface area contributed by atoms with E-state index in [2.05, 4.69) is 9.39 Å². The average Bonchev–Trinajstić information content (AvgIpc) is 3.22. The van der Waals surface area contributed by atoms with Gasteiger partial charge in [-0.3, -0.25) is 10.2 Å². The second-order valence-corrected chi connectivity index (χ2v) is 10.7. The Hall–Kier alpha value is -3.64. The summed E-state index contributed by atoms with van der Waals surface area (Å²) in [6, 6.07) is 11.4. The fourth-order valence-corrected chi connectivity index (χ4v) is 6.03. The molecule has 0 aromatic heterocycles. The zero-order valence-corrected chi connectivity index (χ0v) is 20.2. The summed E-state index contributed by atoms with van der Waals surface area (Å²) in [6.07, 6.45) is 1.38. The van der Waals surface area contributed by atoms with Gasteiger partial charge >= 0.3 is 5.97 Å². The summed E-state index contributed by atoms with van der Waals surface area (Å²) < 4.78 is 48.4. The van der Waals surface area contributed by atoms with E-state index >= 15 is 0 Å². The molecule has 0 aliphatic carbocycles. The zero-order chi connectivity index (χ0) is 25.3. The van der Waals surface area contributed by atoms with Gasteiger partial charge in [-0.1, -0.05) is 38.1 Å². The van der Waals surface area contributed by atoms with Crippen LogP contribution >= 0.6 is 11.9 Å². The first-order valence-corrected chi connectivity index (χ1v) is 12.8. The molecule has 12 heteroatoms. The summed E-state index contributed by atoms with van der Waals surface area (Å²) >= 11 is 0.732. The number of nitrogens with zero attached hydrogens (tertiary/aromatic N) is 3. The topological polar surface area (TPSA) is 129 Å². The average molecular weight is 515 g/mol. The standard InChI is InChI=1S/C23H19FN4O5S2/c1-13(2)12-35(31,32)23-27-34-22-26-20(29)17(19(25)28(22)23)11-14-7-9-15(10-8-14)33-21(30)16-5-3-4-6-18(16)24/h3-11,13,25H,12H2,1-2H3/b17-11-,25-19?. The van der Waals surface area contributed by atoms with Gasteiger partial charge in [0.1, 0.15) is 17.4 Å². The highest BCUT2D eigenvalue weighted by atomic mass is 32.2. The van der Waals surface area contributed by atoms with Crippen molar-refractivity contribution in [3.05, 3.63) is 71.0 Å². The van der Waals surface area contributed by atoms with E-state index < -0.39 is 27.5 Å². The van der Waals surface area contributed by atoms with Gasteiger partial charge in [-0.2, -0.15) is 9.39 Å². The highest BCUT2D eigenvalue weighted by Gasteiger charge is 2.42. The molecule has 0 saturated carbocycles. The van der Waals surface area contributed by atoms with Gasteiger partial charge < -0.3 is 4.74 Å². The minimum atomic E-state index is -3.80. The number of hydrogen-bond donors (Lipinski definition) is 1. The minimum Gasteiger partial charge on any atom is -0.423 e. The lowest BCUT2D eigenvalue weighted by atomic mass is 10.1. The quantitative estimate of drug-likeness (QED) is 0.279. The van der Waals surface area contributed by atoms with Crippen molar-refractivity contribution in [3.63, 3.8) is 0 Å². The first-order chi connectivity index (χ1) is 16.6. The normalized spacial score (nSPS) is 16.9. The number of fused-ring (bicyclic) bond motifs is 1. The monoisotopic (exact) mass is 514 g/mol. The summed E-state index contributed by atoms with van der Waals surface area (Å²) in [4.78, 5) is 29.7. The van der Waals surface area contributed by atoms with Gasteiger partial charge in [-0.25, -0.2) is 22.5 Å². The number of carbonyl (C=O) groups is 2. The maximum atomic E-state index is 13.8. The molecule has 0 fully saturated rings. The number of esters is 1. The Bertz CT molecular complexity index is 1430. The fraction of sp³-hybridized carbons (Fsp3) is 0.174. The lowest BCUT2D eigenvalue weighted by Crippen LogP contribution is -2.46. The van der Waals surface area contributed by atoms with Crippen LogP contribution in [-0.2, 0) is 14.6 Å². The summed E-state index contributed by atoms with van der Waals surface area (Å²) in [6.45, 7) is 3.51. The number of sulfone groups is 1. The van der Waals surface area contributed by atoms with Crippen LogP contribution in [0.25, 0.3) is 6.08 Å². The van der Waals surface area contributed by atoms with Gasteiger partial charge in [0.2, 0.25) is 20.2 Å². The van der Waals surface area contributed by atoms with Gasteiger partial charge in [0.15, 0.2) is 0 Å². The molecule has 9 nitrogen and oxygen atoms in total. The number of amides is 1. The van der Waals surface area contributed by atoms with E-state index in [0.29, 0.717) is 5.56 Å². The van der Waals surface area contributed by atoms with Crippen molar-refractivity contribution >= 4 is 55.9 Å². The van der Waals surface area contributed by atoms with Crippen molar-refractivity contribution in [2.75, 3.05) is 5.75 Å². The van der Waals surface area contributed by atoms with Crippen LogP contribution in [0.15, 0.2) is 63.5 Å². The van der Waals surface area contributed by atoms with Gasteiger partial charge in [0.25, 0.3) is 5.91 Å². The van der Waals surface area contributed by atoms with E-state index in [9.17, 15) is 22.4 Å². The predicted molar refractivity (Wildman–Crippen MR) is 131 cm³/mol. The summed E-state index contributed by atoms with van der Waals surface area (Å²) in [5, 5.41) is 8.17. The van der Waals surface area contributed by atoms with Crippen LogP contribution in [0.3, 0.4) is 0 Å². The van der Waals surface area contributed by atoms with Crippen molar-refractivity contribution in [1.29, 1.82) is 5.41 Å². The van der Waals surface area contributed by atoms with Crippen molar-refractivity contribution in [2.45, 2.75) is 13.8 Å². The van der Waals surface area contributed by atoms with Crippen LogP contribution in [0.1, 0.15) is 29.8 Å². The number of hydrogen-bond acceptors (Lipinski definition) is 8. The number of carbonyl (C=O) groups excluding carboxylic acids is 2. The molecule has 2 aromatic carbocycles. The summed E-state index contributed by atoms with van der Waals surface area (Å²) in [5.74, 6) is -2.80. The largest absolute Gasteiger partial charge is 0.423 e.